The normalized spacial score (nSPS) is 17.0. The molecular weight excluding hydrogens is 364 g/mol. The van der Waals surface area contributed by atoms with E-state index in [1.807, 2.05) is 30.3 Å². The number of aliphatic hydroxyl groups is 1. The summed E-state index contributed by atoms with van der Waals surface area (Å²) >= 11 is 0. The Morgan fingerprint density at radius 1 is 1.00 bits per heavy atom. The van der Waals surface area contributed by atoms with Crippen molar-refractivity contribution in [3.8, 4) is 11.5 Å². The van der Waals surface area contributed by atoms with E-state index in [4.69, 9.17) is 9.47 Å². The van der Waals surface area contributed by atoms with Crippen molar-refractivity contribution in [3.05, 3.63) is 54.1 Å². The molecule has 0 aliphatic carbocycles. The second-order valence-electron chi connectivity index (χ2n) is 7.80. The van der Waals surface area contributed by atoms with Crippen LogP contribution >= 0.6 is 0 Å². The molecule has 0 bridgehead atoms. The highest BCUT2D eigenvalue weighted by Gasteiger charge is 2.20. The summed E-state index contributed by atoms with van der Waals surface area (Å²) in [4.78, 5) is 4.69. The van der Waals surface area contributed by atoms with Crippen LogP contribution in [0.2, 0.25) is 0 Å². The van der Waals surface area contributed by atoms with Gasteiger partial charge in [-0.25, -0.2) is 0 Å². The number of piperazine rings is 1. The minimum atomic E-state index is -0.493. The lowest BCUT2D eigenvalue weighted by Gasteiger charge is -2.37. The summed E-state index contributed by atoms with van der Waals surface area (Å²) in [7, 11) is 1.69. The van der Waals surface area contributed by atoms with Gasteiger partial charge in [0.1, 0.15) is 24.2 Å². The third-order valence-corrected chi connectivity index (χ3v) is 5.77. The van der Waals surface area contributed by atoms with Gasteiger partial charge in [0.25, 0.3) is 0 Å². The maximum absolute atomic E-state index is 10.5. The van der Waals surface area contributed by atoms with Gasteiger partial charge < -0.3 is 19.5 Å². The fraction of sp³-hybridized carbons (Fsp3) is 0.500. The zero-order chi connectivity index (χ0) is 20.6. The summed E-state index contributed by atoms with van der Waals surface area (Å²) < 4.78 is 11.2. The van der Waals surface area contributed by atoms with Crippen molar-refractivity contribution < 1.29 is 14.6 Å². The molecule has 2 aromatic rings. The van der Waals surface area contributed by atoms with Crippen molar-refractivity contribution in [2.24, 2.45) is 0 Å². The molecule has 2 aromatic carbocycles. The van der Waals surface area contributed by atoms with E-state index in [9.17, 15) is 5.11 Å². The highest BCUT2D eigenvalue weighted by molar-refractivity contribution is 5.49. The van der Waals surface area contributed by atoms with E-state index in [1.54, 1.807) is 7.11 Å². The molecule has 1 heterocycles. The Kier molecular flexibility index (Phi) is 7.78. The zero-order valence-electron chi connectivity index (χ0n) is 17.9. The molecule has 0 saturated carbocycles. The van der Waals surface area contributed by atoms with Gasteiger partial charge in [-0.3, -0.25) is 4.90 Å². The molecule has 0 aromatic heterocycles. The topological polar surface area (TPSA) is 45.2 Å². The largest absolute Gasteiger partial charge is 0.497 e. The van der Waals surface area contributed by atoms with Crippen LogP contribution in [-0.4, -0.2) is 62.6 Å². The van der Waals surface area contributed by atoms with Gasteiger partial charge in [0.2, 0.25) is 0 Å². The Hall–Kier alpha value is -2.24. The molecule has 2 atom stereocenters. The number of aliphatic hydroxyl groups excluding tert-OH is 1. The average Bonchev–Trinajstić information content (AvgIpc) is 2.78. The van der Waals surface area contributed by atoms with Crippen molar-refractivity contribution in [2.45, 2.75) is 32.3 Å². The third-order valence-electron chi connectivity index (χ3n) is 5.77. The highest BCUT2D eigenvalue weighted by Crippen LogP contribution is 2.28. The highest BCUT2D eigenvalue weighted by atomic mass is 16.5. The van der Waals surface area contributed by atoms with E-state index in [1.165, 1.54) is 11.3 Å². The number of β-amino-alcohol motifs (C(OH)–C–C–N with tert-alkyl or cyclic N) is 1. The van der Waals surface area contributed by atoms with Gasteiger partial charge in [0, 0.05) is 38.4 Å². The first kappa shape index (κ1) is 21.5. The van der Waals surface area contributed by atoms with Gasteiger partial charge in [-0.15, -0.1) is 0 Å². The van der Waals surface area contributed by atoms with Crippen LogP contribution in [0.4, 0.5) is 5.69 Å². The lowest BCUT2D eigenvalue weighted by molar-refractivity contribution is 0.0658. The third kappa shape index (κ3) is 5.87. The van der Waals surface area contributed by atoms with Gasteiger partial charge in [0.05, 0.1) is 7.11 Å². The number of rotatable bonds is 9. The Morgan fingerprint density at radius 2 is 1.69 bits per heavy atom. The van der Waals surface area contributed by atoms with Gasteiger partial charge in [-0.1, -0.05) is 32.0 Å². The predicted molar refractivity (Wildman–Crippen MR) is 118 cm³/mol. The number of hydrogen-bond acceptors (Lipinski definition) is 5. The minimum Gasteiger partial charge on any atom is -0.497 e. The number of para-hydroxylation sites is 1. The Bertz CT molecular complexity index is 742. The number of nitrogens with zero attached hydrogens (tertiary/aromatic N) is 2. The first-order valence-electron chi connectivity index (χ1n) is 10.6. The molecule has 5 nitrogen and oxygen atoms in total. The van der Waals surface area contributed by atoms with Crippen LogP contribution in [0.25, 0.3) is 0 Å². The van der Waals surface area contributed by atoms with Crippen molar-refractivity contribution in [3.63, 3.8) is 0 Å². The molecule has 1 aliphatic rings. The quantitative estimate of drug-likeness (QED) is 0.697. The molecule has 29 heavy (non-hydrogen) atoms. The molecule has 0 amide bonds. The van der Waals surface area contributed by atoms with Crippen molar-refractivity contribution >= 4 is 5.69 Å². The number of hydrogen-bond donors (Lipinski definition) is 1. The van der Waals surface area contributed by atoms with Crippen molar-refractivity contribution in [2.75, 3.05) is 51.3 Å². The number of benzene rings is 2. The van der Waals surface area contributed by atoms with Crippen LogP contribution in [-0.2, 0) is 0 Å². The molecule has 0 spiro atoms. The molecule has 5 heteroatoms. The van der Waals surface area contributed by atoms with Crippen LogP contribution in [0.3, 0.4) is 0 Å². The SMILES string of the molecule is CC[C@@H](C)c1ccccc1OC[C@@H](O)CN1CCN(c2ccc(OC)cc2)CC1. The lowest BCUT2D eigenvalue weighted by atomic mass is 9.98. The van der Waals surface area contributed by atoms with Crippen LogP contribution in [0.15, 0.2) is 48.5 Å². The van der Waals surface area contributed by atoms with Gasteiger partial charge in [0.15, 0.2) is 0 Å². The Morgan fingerprint density at radius 3 is 2.34 bits per heavy atom. The molecule has 158 valence electrons. The predicted octanol–water partition coefficient (Wildman–Crippen LogP) is 3.77. The molecule has 1 aliphatic heterocycles. The maximum atomic E-state index is 10.5. The zero-order valence-corrected chi connectivity index (χ0v) is 17.9. The summed E-state index contributed by atoms with van der Waals surface area (Å²) in [5.41, 5.74) is 2.44. The number of anilines is 1. The molecular formula is C24H34N2O3. The number of ether oxygens (including phenoxy) is 2. The van der Waals surface area contributed by atoms with Gasteiger partial charge >= 0.3 is 0 Å². The molecule has 0 unspecified atom stereocenters. The summed E-state index contributed by atoms with van der Waals surface area (Å²) in [5, 5.41) is 10.5. The molecule has 1 fully saturated rings. The minimum absolute atomic E-state index is 0.326. The van der Waals surface area contributed by atoms with Crippen LogP contribution < -0.4 is 14.4 Å². The van der Waals surface area contributed by atoms with E-state index >= 15 is 0 Å². The smallest absolute Gasteiger partial charge is 0.122 e. The van der Waals surface area contributed by atoms with E-state index < -0.39 is 6.10 Å². The summed E-state index contributed by atoms with van der Waals surface area (Å²) in [5.74, 6) is 2.23. The Balaban J connectivity index is 1.45. The van der Waals surface area contributed by atoms with Gasteiger partial charge in [-0.05, 0) is 48.2 Å². The van der Waals surface area contributed by atoms with E-state index in [-0.39, 0.29) is 0 Å². The monoisotopic (exact) mass is 398 g/mol. The van der Waals surface area contributed by atoms with E-state index in [2.05, 4.69) is 41.8 Å². The average molecular weight is 399 g/mol. The summed E-state index contributed by atoms with van der Waals surface area (Å²) in [6.07, 6.45) is 0.578. The first-order valence-corrected chi connectivity index (χ1v) is 10.6. The Labute approximate surface area is 174 Å². The fourth-order valence-corrected chi connectivity index (χ4v) is 3.76. The second-order valence-corrected chi connectivity index (χ2v) is 7.80. The molecule has 0 radical (unpaired) electrons. The molecule has 1 N–H and O–H groups in total. The molecule has 3 rings (SSSR count). The van der Waals surface area contributed by atoms with E-state index in [0.717, 1.165) is 44.1 Å². The maximum Gasteiger partial charge on any atom is 0.122 e. The first-order chi connectivity index (χ1) is 14.1. The lowest BCUT2D eigenvalue weighted by Crippen LogP contribution is -2.49. The van der Waals surface area contributed by atoms with Crippen molar-refractivity contribution in [1.29, 1.82) is 0 Å². The number of methoxy groups -OCH3 is 1. The van der Waals surface area contributed by atoms with Gasteiger partial charge in [-0.2, -0.15) is 0 Å². The summed E-state index contributed by atoms with van der Waals surface area (Å²) in [6, 6.07) is 16.4. The fourth-order valence-electron chi connectivity index (χ4n) is 3.76. The van der Waals surface area contributed by atoms with Crippen LogP contribution in [0.1, 0.15) is 31.7 Å². The van der Waals surface area contributed by atoms with E-state index in [0.29, 0.717) is 19.1 Å². The standard InChI is InChI=1S/C24H34N2O3/c1-4-19(2)23-7-5-6-8-24(23)29-18-21(27)17-25-13-15-26(16-14-25)20-9-11-22(28-3)12-10-20/h5-12,19,21,27H,4,13-18H2,1-3H3/t19-,21+/m1/s1. The molecule has 1 saturated heterocycles. The summed E-state index contributed by atoms with van der Waals surface area (Å²) in [6.45, 7) is 9.14. The second kappa shape index (κ2) is 10.5. The van der Waals surface area contributed by atoms with Crippen LogP contribution in [0.5, 0.6) is 11.5 Å². The van der Waals surface area contributed by atoms with Crippen LogP contribution in [0, 0.1) is 0 Å². The van der Waals surface area contributed by atoms with Crippen molar-refractivity contribution in [1.82, 2.24) is 4.90 Å².